The van der Waals surface area contributed by atoms with Crippen LogP contribution >= 0.6 is 0 Å². The second-order valence-corrected chi connectivity index (χ2v) is 3.91. The quantitative estimate of drug-likeness (QED) is 0.775. The maximum absolute atomic E-state index is 12.3. The van der Waals surface area contributed by atoms with E-state index in [4.69, 9.17) is 0 Å². The van der Waals surface area contributed by atoms with Crippen LogP contribution in [0.15, 0.2) is 24.3 Å². The van der Waals surface area contributed by atoms with Crippen molar-refractivity contribution in [1.29, 1.82) is 0 Å². The number of halogens is 3. The fraction of sp³-hybridized carbons (Fsp3) is 0.455. The number of benzene rings is 1. The topological polar surface area (TPSA) is 32.3 Å². The van der Waals surface area contributed by atoms with Crippen molar-refractivity contribution in [3.63, 3.8) is 0 Å². The lowest BCUT2D eigenvalue weighted by atomic mass is 10.0. The highest BCUT2D eigenvalue weighted by Crippen LogP contribution is 2.31. The number of rotatable bonds is 1. The Hall–Kier alpha value is -1.07. The second kappa shape index (κ2) is 4.07. The third-order valence-corrected chi connectivity index (χ3v) is 2.79. The standard InChI is InChI=1S/C11H12F3NO/c12-11(13,14)8-3-1-7(2-4-8)10-9(16)5-6-15-10/h1-4,9-10,15-16H,5-6H2. The van der Waals surface area contributed by atoms with Crippen LogP contribution in [-0.2, 0) is 6.18 Å². The van der Waals surface area contributed by atoms with Crippen LogP contribution in [0.4, 0.5) is 13.2 Å². The number of aliphatic hydroxyl groups excluding tert-OH is 1. The van der Waals surface area contributed by atoms with Crippen LogP contribution in [-0.4, -0.2) is 17.8 Å². The van der Waals surface area contributed by atoms with Gasteiger partial charge in [0.15, 0.2) is 0 Å². The molecule has 0 radical (unpaired) electrons. The first-order valence-electron chi connectivity index (χ1n) is 5.07. The van der Waals surface area contributed by atoms with Crippen molar-refractivity contribution in [3.05, 3.63) is 35.4 Å². The van der Waals surface area contributed by atoms with Crippen molar-refractivity contribution in [3.8, 4) is 0 Å². The molecule has 0 bridgehead atoms. The average Bonchev–Trinajstić information content (AvgIpc) is 2.63. The molecule has 2 N–H and O–H groups in total. The van der Waals surface area contributed by atoms with E-state index in [0.29, 0.717) is 18.5 Å². The zero-order chi connectivity index (χ0) is 11.8. The van der Waals surface area contributed by atoms with Gasteiger partial charge < -0.3 is 10.4 Å². The molecule has 1 aromatic rings. The summed E-state index contributed by atoms with van der Waals surface area (Å²) >= 11 is 0. The lowest BCUT2D eigenvalue weighted by molar-refractivity contribution is -0.137. The molecule has 2 atom stereocenters. The Morgan fingerprint density at radius 3 is 2.25 bits per heavy atom. The molecule has 1 saturated heterocycles. The number of hydrogen-bond donors (Lipinski definition) is 2. The minimum absolute atomic E-state index is 0.248. The van der Waals surface area contributed by atoms with Crippen LogP contribution in [0.25, 0.3) is 0 Å². The van der Waals surface area contributed by atoms with Crippen LogP contribution in [0.5, 0.6) is 0 Å². The van der Waals surface area contributed by atoms with Crippen molar-refractivity contribution in [2.45, 2.75) is 24.7 Å². The van der Waals surface area contributed by atoms with Crippen molar-refractivity contribution < 1.29 is 18.3 Å². The average molecular weight is 231 g/mol. The van der Waals surface area contributed by atoms with Crippen LogP contribution < -0.4 is 5.32 Å². The minimum atomic E-state index is -4.31. The molecule has 88 valence electrons. The number of aliphatic hydroxyl groups is 1. The fourth-order valence-corrected chi connectivity index (χ4v) is 1.91. The Labute approximate surface area is 91.1 Å². The van der Waals surface area contributed by atoms with E-state index in [0.717, 1.165) is 12.1 Å². The van der Waals surface area contributed by atoms with E-state index in [1.807, 2.05) is 0 Å². The molecule has 0 amide bonds. The third kappa shape index (κ3) is 2.20. The highest BCUT2D eigenvalue weighted by molar-refractivity contribution is 5.28. The van der Waals surface area contributed by atoms with E-state index in [9.17, 15) is 18.3 Å². The van der Waals surface area contributed by atoms with Gasteiger partial charge in [-0.25, -0.2) is 0 Å². The Morgan fingerprint density at radius 2 is 1.81 bits per heavy atom. The van der Waals surface area contributed by atoms with E-state index >= 15 is 0 Å². The summed E-state index contributed by atoms with van der Waals surface area (Å²) in [7, 11) is 0. The fourth-order valence-electron chi connectivity index (χ4n) is 1.91. The molecule has 2 unspecified atom stereocenters. The first kappa shape index (κ1) is 11.4. The molecular weight excluding hydrogens is 219 g/mol. The molecule has 2 rings (SSSR count). The maximum Gasteiger partial charge on any atom is 0.416 e. The predicted octanol–water partition coefficient (Wildman–Crippen LogP) is 2.10. The van der Waals surface area contributed by atoms with E-state index in [1.54, 1.807) is 0 Å². The van der Waals surface area contributed by atoms with Gasteiger partial charge in [0.1, 0.15) is 0 Å². The first-order valence-corrected chi connectivity index (χ1v) is 5.07. The molecule has 1 heterocycles. The van der Waals surface area contributed by atoms with Crippen LogP contribution in [0.2, 0.25) is 0 Å². The zero-order valence-electron chi connectivity index (χ0n) is 8.46. The lowest BCUT2D eigenvalue weighted by Gasteiger charge is -2.16. The SMILES string of the molecule is OC1CCNC1c1ccc(C(F)(F)F)cc1. The highest BCUT2D eigenvalue weighted by atomic mass is 19.4. The first-order chi connectivity index (χ1) is 7.48. The summed E-state index contributed by atoms with van der Waals surface area (Å²) in [6, 6.07) is 4.66. The number of hydrogen-bond acceptors (Lipinski definition) is 2. The smallest absolute Gasteiger partial charge is 0.391 e. The van der Waals surface area contributed by atoms with Crippen molar-refractivity contribution in [1.82, 2.24) is 5.32 Å². The summed E-state index contributed by atoms with van der Waals surface area (Å²) in [5, 5.41) is 12.6. The van der Waals surface area contributed by atoms with Gasteiger partial charge in [0.05, 0.1) is 17.7 Å². The number of nitrogens with one attached hydrogen (secondary N) is 1. The van der Waals surface area contributed by atoms with Crippen LogP contribution in [0, 0.1) is 0 Å². The molecule has 0 saturated carbocycles. The maximum atomic E-state index is 12.3. The summed E-state index contributed by atoms with van der Waals surface area (Å²) in [6.07, 6.45) is -4.19. The molecule has 1 fully saturated rings. The van der Waals surface area contributed by atoms with Gasteiger partial charge in [-0.2, -0.15) is 13.2 Å². The molecule has 0 aromatic heterocycles. The second-order valence-electron chi connectivity index (χ2n) is 3.91. The van der Waals surface area contributed by atoms with Crippen molar-refractivity contribution in [2.24, 2.45) is 0 Å². The van der Waals surface area contributed by atoms with Crippen LogP contribution in [0.3, 0.4) is 0 Å². The van der Waals surface area contributed by atoms with Crippen molar-refractivity contribution in [2.75, 3.05) is 6.54 Å². The Bertz CT molecular complexity index is 360. The largest absolute Gasteiger partial charge is 0.416 e. The van der Waals surface area contributed by atoms with Gasteiger partial charge in [0.25, 0.3) is 0 Å². The predicted molar refractivity (Wildman–Crippen MR) is 52.8 cm³/mol. The molecule has 0 aliphatic carbocycles. The van der Waals surface area contributed by atoms with Gasteiger partial charge in [-0.05, 0) is 30.7 Å². The van der Waals surface area contributed by atoms with E-state index in [-0.39, 0.29) is 6.04 Å². The lowest BCUT2D eigenvalue weighted by Crippen LogP contribution is -2.21. The molecule has 5 heteroatoms. The summed E-state index contributed by atoms with van der Waals surface area (Å²) in [4.78, 5) is 0. The Kier molecular flexibility index (Phi) is 2.90. The van der Waals surface area contributed by atoms with Gasteiger partial charge in [-0.3, -0.25) is 0 Å². The molecular formula is C11H12F3NO. The van der Waals surface area contributed by atoms with E-state index in [2.05, 4.69) is 5.32 Å². The van der Waals surface area contributed by atoms with Gasteiger partial charge in [0.2, 0.25) is 0 Å². The summed E-state index contributed by atoms with van der Waals surface area (Å²) in [5.41, 5.74) is 0.0294. The third-order valence-electron chi connectivity index (χ3n) is 2.79. The molecule has 0 spiro atoms. The summed E-state index contributed by atoms with van der Waals surface area (Å²) in [5.74, 6) is 0. The van der Waals surface area contributed by atoms with E-state index < -0.39 is 17.8 Å². The number of alkyl halides is 3. The van der Waals surface area contributed by atoms with Crippen molar-refractivity contribution >= 4 is 0 Å². The van der Waals surface area contributed by atoms with Gasteiger partial charge >= 0.3 is 6.18 Å². The minimum Gasteiger partial charge on any atom is -0.391 e. The zero-order valence-corrected chi connectivity index (χ0v) is 8.46. The molecule has 1 aliphatic heterocycles. The summed E-state index contributed by atoms with van der Waals surface area (Å²) in [6.45, 7) is 0.687. The molecule has 2 nitrogen and oxygen atoms in total. The van der Waals surface area contributed by atoms with E-state index in [1.165, 1.54) is 12.1 Å². The highest BCUT2D eigenvalue weighted by Gasteiger charge is 2.31. The summed E-state index contributed by atoms with van der Waals surface area (Å²) < 4.78 is 36.9. The van der Waals surface area contributed by atoms with Crippen LogP contribution in [0.1, 0.15) is 23.6 Å². The normalized spacial score (nSPS) is 26.0. The van der Waals surface area contributed by atoms with Gasteiger partial charge in [0, 0.05) is 0 Å². The molecule has 16 heavy (non-hydrogen) atoms. The molecule has 1 aliphatic rings. The monoisotopic (exact) mass is 231 g/mol. The Morgan fingerprint density at radius 1 is 1.19 bits per heavy atom. The molecule has 1 aromatic carbocycles. The van der Waals surface area contributed by atoms with Gasteiger partial charge in [-0.15, -0.1) is 0 Å². The Balaban J connectivity index is 2.19. The van der Waals surface area contributed by atoms with Gasteiger partial charge in [-0.1, -0.05) is 12.1 Å².